The zero-order valence-corrected chi connectivity index (χ0v) is 20.2. The molecule has 0 amide bonds. The van der Waals surface area contributed by atoms with Gasteiger partial charge < -0.3 is 29.9 Å². The van der Waals surface area contributed by atoms with Crippen molar-refractivity contribution in [2.75, 3.05) is 13.2 Å². The van der Waals surface area contributed by atoms with Gasteiger partial charge in [0.15, 0.2) is 11.5 Å². The van der Waals surface area contributed by atoms with Crippen LogP contribution < -0.4 is 20.8 Å². The van der Waals surface area contributed by atoms with Gasteiger partial charge in [-0.2, -0.15) is 0 Å². The van der Waals surface area contributed by atoms with Gasteiger partial charge in [-0.25, -0.2) is 4.98 Å². The molecule has 2 aromatic heterocycles. The second-order valence-corrected chi connectivity index (χ2v) is 8.66. The lowest BCUT2D eigenvalue weighted by molar-refractivity contribution is -0.134. The van der Waals surface area contributed by atoms with Crippen LogP contribution in [0.3, 0.4) is 0 Å². The molecule has 0 saturated carbocycles. The van der Waals surface area contributed by atoms with Gasteiger partial charge >= 0.3 is 0 Å². The van der Waals surface area contributed by atoms with Gasteiger partial charge in [0.1, 0.15) is 18.9 Å². The van der Waals surface area contributed by atoms with E-state index in [1.54, 1.807) is 6.07 Å². The molecule has 0 aliphatic carbocycles. The molecular formula is C28H26N4O5. The fourth-order valence-corrected chi connectivity index (χ4v) is 4.35. The molecule has 0 unspecified atom stereocenters. The topological polar surface area (TPSA) is 132 Å². The monoisotopic (exact) mass is 498 g/mol. The van der Waals surface area contributed by atoms with E-state index in [-0.39, 0.29) is 5.56 Å². The number of nitrogens with zero attached hydrogens (tertiary/aromatic N) is 2. The summed E-state index contributed by atoms with van der Waals surface area (Å²) in [5, 5.41) is 8.39. The van der Waals surface area contributed by atoms with Crippen LogP contribution in [0.25, 0.3) is 33.2 Å². The number of nitrogens with two attached hydrogens (primary N) is 1. The van der Waals surface area contributed by atoms with Crippen molar-refractivity contribution >= 4 is 27.9 Å². The van der Waals surface area contributed by atoms with E-state index in [2.05, 4.69) is 27.8 Å². The average Bonchev–Trinajstić information content (AvgIpc) is 3.25. The number of aromatic nitrogens is 3. The number of benzene rings is 3. The van der Waals surface area contributed by atoms with Crippen molar-refractivity contribution in [3.05, 3.63) is 88.3 Å². The summed E-state index contributed by atoms with van der Waals surface area (Å²) >= 11 is 0. The molecule has 0 radical (unpaired) electrons. The summed E-state index contributed by atoms with van der Waals surface area (Å²) < 4.78 is 13.5. The number of hydrogen-bond donors (Lipinski definition) is 3. The highest BCUT2D eigenvalue weighted by molar-refractivity contribution is 5.96. The third-order valence-corrected chi connectivity index (χ3v) is 6.01. The van der Waals surface area contributed by atoms with E-state index in [0.29, 0.717) is 54.5 Å². The number of carboxylic acid groups (broad SMARTS) is 1. The predicted octanol–water partition coefficient (Wildman–Crippen LogP) is 3.91. The first-order valence-electron chi connectivity index (χ1n) is 11.8. The lowest BCUT2D eigenvalue weighted by atomic mass is 10.1. The largest absolute Gasteiger partial charge is 0.486 e. The zero-order valence-electron chi connectivity index (χ0n) is 20.2. The summed E-state index contributed by atoms with van der Waals surface area (Å²) in [6.07, 6.45) is 2.00. The highest BCUT2D eigenvalue weighted by Gasteiger charge is 2.18. The first kappa shape index (κ1) is 24.1. The van der Waals surface area contributed by atoms with Crippen molar-refractivity contribution in [3.63, 3.8) is 0 Å². The van der Waals surface area contributed by atoms with Gasteiger partial charge in [-0.1, -0.05) is 42.5 Å². The minimum atomic E-state index is -0.833. The fraction of sp³-hybridized carbons (Fsp3) is 0.179. The second-order valence-electron chi connectivity index (χ2n) is 8.66. The van der Waals surface area contributed by atoms with Crippen LogP contribution in [0.15, 0.2) is 71.7 Å². The maximum atomic E-state index is 13.1. The molecule has 0 atom stereocenters. The molecule has 188 valence electrons. The number of hydrogen-bond acceptors (Lipinski definition) is 6. The molecule has 3 heterocycles. The number of H-pyrrole nitrogens is 1. The van der Waals surface area contributed by atoms with Gasteiger partial charge in [0.25, 0.3) is 11.5 Å². The standard InChI is InChI=1S/C26H22N4O3.C2H4O2/c27-13-16-5-7-17(8-6-16)14-30-15-19(18-3-1-2-4-22(18)30)25-26(31)29-21-12-24-23(11-20(21)28-25)32-9-10-33-24;1-2(3)4/h1-8,11-12,15H,9-10,13-14,27H2,(H,29,31);1H3,(H,3,4). The van der Waals surface area contributed by atoms with Crippen molar-refractivity contribution < 1.29 is 19.4 Å². The number of carboxylic acids is 1. The molecular weight excluding hydrogens is 472 g/mol. The maximum absolute atomic E-state index is 13.1. The van der Waals surface area contributed by atoms with Crippen LogP contribution in [0, 0.1) is 0 Å². The minimum Gasteiger partial charge on any atom is -0.486 e. The highest BCUT2D eigenvalue weighted by atomic mass is 16.6. The van der Waals surface area contributed by atoms with Crippen molar-refractivity contribution in [1.29, 1.82) is 0 Å². The van der Waals surface area contributed by atoms with Crippen LogP contribution in [0.2, 0.25) is 0 Å². The molecule has 6 rings (SSSR count). The fourth-order valence-electron chi connectivity index (χ4n) is 4.35. The van der Waals surface area contributed by atoms with E-state index < -0.39 is 5.97 Å². The molecule has 0 bridgehead atoms. The highest BCUT2D eigenvalue weighted by Crippen LogP contribution is 2.34. The molecule has 37 heavy (non-hydrogen) atoms. The number of aromatic amines is 1. The Morgan fingerprint density at radius 2 is 1.70 bits per heavy atom. The maximum Gasteiger partial charge on any atom is 0.300 e. The lowest BCUT2D eigenvalue weighted by Gasteiger charge is -2.18. The Morgan fingerprint density at radius 3 is 2.41 bits per heavy atom. The molecule has 0 fully saturated rings. The molecule has 5 aromatic rings. The van der Waals surface area contributed by atoms with Crippen molar-refractivity contribution in [1.82, 2.24) is 14.5 Å². The first-order chi connectivity index (χ1) is 17.9. The number of carbonyl (C=O) groups is 1. The Labute approximate surface area is 212 Å². The van der Waals surface area contributed by atoms with Crippen molar-refractivity contribution in [2.45, 2.75) is 20.0 Å². The number of ether oxygens (including phenoxy) is 2. The quantitative estimate of drug-likeness (QED) is 0.342. The summed E-state index contributed by atoms with van der Waals surface area (Å²) in [7, 11) is 0. The summed E-state index contributed by atoms with van der Waals surface area (Å²) in [6, 6.07) is 19.9. The summed E-state index contributed by atoms with van der Waals surface area (Å²) in [5.74, 6) is 0.429. The summed E-state index contributed by atoms with van der Waals surface area (Å²) in [5.41, 5.74) is 11.2. The van der Waals surface area contributed by atoms with Gasteiger partial charge in [-0.3, -0.25) is 9.59 Å². The normalized spacial score (nSPS) is 12.3. The second kappa shape index (κ2) is 10.2. The van der Waals surface area contributed by atoms with Crippen molar-refractivity contribution in [3.8, 4) is 22.8 Å². The van der Waals surface area contributed by atoms with Crippen LogP contribution >= 0.6 is 0 Å². The van der Waals surface area contributed by atoms with Crippen LogP contribution in [0.5, 0.6) is 11.5 Å². The molecule has 1 aliphatic heterocycles. The SMILES string of the molecule is CC(=O)O.NCc1ccc(Cn2cc(-c3nc4cc5c(cc4[nH]c3=O)OCCO5)c3ccccc32)cc1. The molecule has 1 aliphatic rings. The van der Waals surface area contributed by atoms with Crippen LogP contribution in [-0.2, 0) is 17.9 Å². The van der Waals surface area contributed by atoms with E-state index >= 15 is 0 Å². The molecule has 0 spiro atoms. The summed E-state index contributed by atoms with van der Waals surface area (Å²) in [4.78, 5) is 29.8. The van der Waals surface area contributed by atoms with E-state index in [1.165, 1.54) is 0 Å². The number of rotatable bonds is 4. The Kier molecular flexibility index (Phi) is 6.61. The van der Waals surface area contributed by atoms with Gasteiger partial charge in [0.05, 0.1) is 11.0 Å². The first-order valence-corrected chi connectivity index (χ1v) is 11.8. The zero-order chi connectivity index (χ0) is 25.9. The van der Waals surface area contributed by atoms with Crippen LogP contribution in [0.1, 0.15) is 18.1 Å². The molecule has 4 N–H and O–H groups in total. The van der Waals surface area contributed by atoms with E-state index in [9.17, 15) is 4.79 Å². The number of para-hydroxylation sites is 1. The third kappa shape index (κ3) is 5.03. The Balaban J connectivity index is 0.000000655. The minimum absolute atomic E-state index is 0.241. The van der Waals surface area contributed by atoms with E-state index in [4.69, 9.17) is 30.1 Å². The van der Waals surface area contributed by atoms with Gasteiger partial charge in [-0.05, 0) is 17.2 Å². The van der Waals surface area contributed by atoms with Gasteiger partial charge in [0.2, 0.25) is 0 Å². The van der Waals surface area contributed by atoms with Gasteiger partial charge in [0, 0.05) is 54.8 Å². The molecule has 3 aromatic carbocycles. The number of aliphatic carboxylic acids is 1. The third-order valence-electron chi connectivity index (χ3n) is 6.01. The number of fused-ring (bicyclic) bond motifs is 3. The molecule has 0 saturated heterocycles. The number of nitrogens with one attached hydrogen (secondary N) is 1. The van der Waals surface area contributed by atoms with Crippen LogP contribution in [-0.4, -0.2) is 38.8 Å². The Bertz CT molecular complexity index is 1650. The van der Waals surface area contributed by atoms with Gasteiger partial charge in [-0.15, -0.1) is 0 Å². The van der Waals surface area contributed by atoms with Crippen molar-refractivity contribution in [2.24, 2.45) is 5.73 Å². The van der Waals surface area contributed by atoms with E-state index in [1.807, 2.05) is 42.6 Å². The predicted molar refractivity (Wildman–Crippen MR) is 141 cm³/mol. The molecule has 9 heteroatoms. The van der Waals surface area contributed by atoms with Crippen LogP contribution in [0.4, 0.5) is 0 Å². The average molecular weight is 499 g/mol. The Morgan fingerprint density at radius 1 is 1.05 bits per heavy atom. The lowest BCUT2D eigenvalue weighted by Crippen LogP contribution is -2.16. The molecule has 9 nitrogen and oxygen atoms in total. The smallest absolute Gasteiger partial charge is 0.300 e. The Hall–Kier alpha value is -4.63. The van der Waals surface area contributed by atoms with E-state index in [0.717, 1.165) is 34.5 Å². The summed E-state index contributed by atoms with van der Waals surface area (Å²) in [6.45, 7) is 3.26.